The summed E-state index contributed by atoms with van der Waals surface area (Å²) in [5.41, 5.74) is 3.85. The third-order valence-corrected chi connectivity index (χ3v) is 5.00. The van der Waals surface area contributed by atoms with Crippen molar-refractivity contribution in [2.24, 2.45) is 23.2 Å². The van der Waals surface area contributed by atoms with E-state index in [1.807, 2.05) is 0 Å². The van der Waals surface area contributed by atoms with Crippen LogP contribution in [0.5, 0.6) is 0 Å². The van der Waals surface area contributed by atoms with Gasteiger partial charge in [-0.05, 0) is 43.9 Å². The fourth-order valence-electron chi connectivity index (χ4n) is 3.82. The Labute approximate surface area is 117 Å². The maximum Gasteiger partial charge on any atom is 0.160 e. The Morgan fingerprint density at radius 1 is 1.47 bits per heavy atom. The van der Waals surface area contributed by atoms with Gasteiger partial charge in [0, 0.05) is 18.4 Å². The molecule has 0 aliphatic heterocycles. The molecule has 2 aliphatic carbocycles. The van der Waals surface area contributed by atoms with Gasteiger partial charge < -0.3 is 0 Å². The molecule has 102 valence electrons. The Kier molecular flexibility index (Phi) is 3.47. The van der Waals surface area contributed by atoms with E-state index in [-0.39, 0.29) is 5.78 Å². The van der Waals surface area contributed by atoms with Crippen molar-refractivity contribution in [3.05, 3.63) is 22.8 Å². The molecule has 0 radical (unpaired) electrons. The van der Waals surface area contributed by atoms with Gasteiger partial charge in [-0.15, -0.1) is 12.3 Å². The van der Waals surface area contributed by atoms with E-state index in [4.69, 9.17) is 6.42 Å². The van der Waals surface area contributed by atoms with Crippen LogP contribution in [0.3, 0.4) is 0 Å². The number of hydrogen-bond donors (Lipinski definition) is 0. The number of carbonyl (C=O) groups excluding carboxylic acids is 1. The van der Waals surface area contributed by atoms with Gasteiger partial charge in [0.1, 0.15) is 0 Å². The van der Waals surface area contributed by atoms with Crippen LogP contribution in [0.25, 0.3) is 0 Å². The first-order valence-electron chi connectivity index (χ1n) is 7.12. The summed E-state index contributed by atoms with van der Waals surface area (Å²) < 4.78 is 0. The molecule has 0 N–H and O–H groups in total. The Bertz CT molecular complexity index is 506. The molecule has 3 atom stereocenters. The van der Waals surface area contributed by atoms with Crippen LogP contribution >= 0.6 is 0 Å². The van der Waals surface area contributed by atoms with E-state index >= 15 is 0 Å². The molecule has 1 fully saturated rings. The van der Waals surface area contributed by atoms with Gasteiger partial charge in [-0.2, -0.15) is 0 Å². The lowest BCUT2D eigenvalue weighted by Gasteiger charge is -2.12. The number of Topliss-reactive ketones (excluding diaryl/α,β-unsaturated/α-hetero) is 1. The predicted octanol–water partition coefficient (Wildman–Crippen LogP) is 4.15. The molecule has 1 saturated carbocycles. The van der Waals surface area contributed by atoms with Crippen molar-refractivity contribution < 1.29 is 4.79 Å². The lowest BCUT2D eigenvalue weighted by molar-refractivity contribution is -0.115. The zero-order valence-corrected chi connectivity index (χ0v) is 12.7. The Morgan fingerprint density at radius 2 is 2.11 bits per heavy atom. The third-order valence-electron chi connectivity index (χ3n) is 5.00. The highest BCUT2D eigenvalue weighted by atomic mass is 16.1. The second-order valence-electron chi connectivity index (χ2n) is 6.89. The van der Waals surface area contributed by atoms with Gasteiger partial charge in [-0.1, -0.05) is 31.1 Å². The summed E-state index contributed by atoms with van der Waals surface area (Å²) in [4.78, 5) is 12.1. The van der Waals surface area contributed by atoms with E-state index in [0.717, 1.165) is 5.57 Å². The number of hydrogen-bond acceptors (Lipinski definition) is 1. The molecule has 0 aromatic heterocycles. The summed E-state index contributed by atoms with van der Waals surface area (Å²) in [6.45, 7) is 11.0. The molecular weight excluding hydrogens is 232 g/mol. The van der Waals surface area contributed by atoms with Crippen molar-refractivity contribution in [1.29, 1.82) is 0 Å². The zero-order valence-electron chi connectivity index (χ0n) is 12.7. The summed E-state index contributed by atoms with van der Waals surface area (Å²) in [5.74, 6) is 4.52. The topological polar surface area (TPSA) is 17.1 Å². The molecule has 0 bridgehead atoms. The molecule has 0 spiro atoms. The van der Waals surface area contributed by atoms with Crippen molar-refractivity contribution >= 4 is 5.78 Å². The minimum absolute atomic E-state index is 0.277. The largest absolute Gasteiger partial charge is 0.294 e. The molecule has 1 heteroatoms. The Hall–Kier alpha value is -1.29. The summed E-state index contributed by atoms with van der Waals surface area (Å²) >= 11 is 0. The van der Waals surface area contributed by atoms with E-state index in [2.05, 4.69) is 46.6 Å². The highest BCUT2D eigenvalue weighted by molar-refractivity contribution is 5.99. The fourth-order valence-corrected chi connectivity index (χ4v) is 3.82. The number of allylic oxidation sites excluding steroid dienone is 4. The highest BCUT2D eigenvalue weighted by Gasteiger charge is 2.60. The average Bonchev–Trinajstić information content (AvgIpc) is 2.70. The van der Waals surface area contributed by atoms with E-state index < -0.39 is 0 Å². The quantitative estimate of drug-likeness (QED) is 0.547. The van der Waals surface area contributed by atoms with Crippen molar-refractivity contribution in [2.45, 2.75) is 47.5 Å². The first-order valence-corrected chi connectivity index (χ1v) is 7.12. The van der Waals surface area contributed by atoms with Crippen LogP contribution in [0, 0.1) is 35.5 Å². The lowest BCUT2D eigenvalue weighted by atomic mass is 9.91. The minimum Gasteiger partial charge on any atom is -0.294 e. The highest BCUT2D eigenvalue weighted by Crippen LogP contribution is 2.65. The molecule has 3 unspecified atom stereocenters. The van der Waals surface area contributed by atoms with Crippen LogP contribution in [-0.2, 0) is 4.79 Å². The van der Waals surface area contributed by atoms with Crippen LogP contribution in [0.1, 0.15) is 47.5 Å². The van der Waals surface area contributed by atoms with Crippen LogP contribution in [0.2, 0.25) is 0 Å². The SMILES string of the molecule is C#CCC1=C(C)C(C2C(C=C(C)C)C2(C)C)CC1=O. The molecule has 0 saturated heterocycles. The molecule has 0 aromatic rings. The van der Waals surface area contributed by atoms with Crippen LogP contribution < -0.4 is 0 Å². The molecule has 2 rings (SSSR count). The normalized spacial score (nSPS) is 32.2. The maximum absolute atomic E-state index is 12.1. The van der Waals surface area contributed by atoms with Gasteiger partial charge in [0.2, 0.25) is 0 Å². The third kappa shape index (κ3) is 2.29. The van der Waals surface area contributed by atoms with Crippen molar-refractivity contribution in [2.75, 3.05) is 0 Å². The summed E-state index contributed by atoms with van der Waals surface area (Å²) in [6, 6.07) is 0. The number of terminal acetylenes is 1. The number of ketones is 1. The monoisotopic (exact) mass is 256 g/mol. The Morgan fingerprint density at radius 3 is 2.63 bits per heavy atom. The van der Waals surface area contributed by atoms with E-state index in [9.17, 15) is 4.79 Å². The molecule has 0 heterocycles. The first kappa shape index (κ1) is 14.1. The molecule has 0 amide bonds. The van der Waals surface area contributed by atoms with Crippen LogP contribution in [-0.4, -0.2) is 5.78 Å². The number of carbonyl (C=O) groups is 1. The van der Waals surface area contributed by atoms with E-state index in [1.54, 1.807) is 0 Å². The van der Waals surface area contributed by atoms with Gasteiger partial charge in [0.05, 0.1) is 0 Å². The molecule has 19 heavy (non-hydrogen) atoms. The second kappa shape index (κ2) is 4.67. The van der Waals surface area contributed by atoms with Crippen molar-refractivity contribution in [3.8, 4) is 12.3 Å². The zero-order chi connectivity index (χ0) is 14.4. The molecule has 2 aliphatic rings. The predicted molar refractivity (Wildman–Crippen MR) is 79.5 cm³/mol. The maximum atomic E-state index is 12.1. The number of rotatable bonds is 3. The molecule has 1 nitrogen and oxygen atoms in total. The van der Waals surface area contributed by atoms with Gasteiger partial charge in [0.15, 0.2) is 5.78 Å². The Balaban J connectivity index is 2.24. The van der Waals surface area contributed by atoms with Crippen LogP contribution in [0.15, 0.2) is 22.8 Å². The molecule has 0 aromatic carbocycles. The van der Waals surface area contributed by atoms with Crippen LogP contribution in [0.4, 0.5) is 0 Å². The minimum atomic E-state index is 0.277. The fraction of sp³-hybridized carbons (Fsp3) is 0.611. The van der Waals surface area contributed by atoms with Crippen molar-refractivity contribution in [1.82, 2.24) is 0 Å². The molecular formula is C18H24O. The lowest BCUT2D eigenvalue weighted by Crippen LogP contribution is -2.06. The van der Waals surface area contributed by atoms with Gasteiger partial charge in [-0.3, -0.25) is 4.79 Å². The average molecular weight is 256 g/mol. The summed E-state index contributed by atoms with van der Waals surface area (Å²) in [6.07, 6.45) is 8.92. The van der Waals surface area contributed by atoms with Gasteiger partial charge in [0.25, 0.3) is 0 Å². The van der Waals surface area contributed by atoms with Gasteiger partial charge >= 0.3 is 0 Å². The second-order valence-corrected chi connectivity index (χ2v) is 6.89. The summed E-state index contributed by atoms with van der Waals surface area (Å²) in [7, 11) is 0. The first-order chi connectivity index (χ1) is 8.80. The van der Waals surface area contributed by atoms with Gasteiger partial charge in [-0.25, -0.2) is 0 Å². The summed E-state index contributed by atoms with van der Waals surface area (Å²) in [5, 5.41) is 0. The van der Waals surface area contributed by atoms with Crippen molar-refractivity contribution in [3.63, 3.8) is 0 Å². The van der Waals surface area contributed by atoms with E-state index in [1.165, 1.54) is 11.1 Å². The van der Waals surface area contributed by atoms with E-state index in [0.29, 0.717) is 36.0 Å². The smallest absolute Gasteiger partial charge is 0.160 e. The standard InChI is InChI=1S/C18H24O/c1-7-8-13-12(4)14(10-16(13)19)17-15(9-11(2)3)18(17,5)6/h1,9,14-15,17H,8,10H2,2-6H3.